The van der Waals surface area contributed by atoms with Gasteiger partial charge in [0.2, 0.25) is 0 Å². The molecule has 1 aromatic rings. The quantitative estimate of drug-likeness (QED) is 0.829. The summed E-state index contributed by atoms with van der Waals surface area (Å²) in [6, 6.07) is 0. The zero-order valence-corrected chi connectivity index (χ0v) is 8.38. The van der Waals surface area contributed by atoms with Crippen LogP contribution in [-0.4, -0.2) is 27.0 Å². The average Bonchev–Trinajstić information content (AvgIpc) is 2.38. The van der Waals surface area contributed by atoms with Crippen LogP contribution in [0.1, 0.15) is 23.0 Å². The molecule has 0 spiro atoms. The zero-order valence-electron chi connectivity index (χ0n) is 8.38. The van der Waals surface area contributed by atoms with Gasteiger partial charge in [-0.1, -0.05) is 6.92 Å². The Morgan fingerprint density at radius 3 is 2.50 bits per heavy atom. The standard InChI is InChI=1S/C8H10F3N3O2/c1-2-4-5(7(15)16)6(12)13-14(4)3-8(9,10)11/h2-3H2,1H3,(H2,12,13)(H,15,16). The third kappa shape index (κ3) is 2.44. The Bertz CT molecular complexity index is 411. The fraction of sp³-hybridized carbons (Fsp3) is 0.500. The number of carboxylic acids is 1. The first-order chi connectivity index (χ1) is 7.26. The molecule has 8 heteroatoms. The molecule has 0 aliphatic carbocycles. The molecule has 0 unspecified atom stereocenters. The smallest absolute Gasteiger partial charge is 0.408 e. The van der Waals surface area contributed by atoms with Crippen molar-refractivity contribution in [3.63, 3.8) is 0 Å². The van der Waals surface area contributed by atoms with E-state index in [0.29, 0.717) is 4.68 Å². The molecule has 0 bridgehead atoms. The number of anilines is 1. The van der Waals surface area contributed by atoms with Crippen molar-refractivity contribution in [3.05, 3.63) is 11.3 Å². The zero-order chi connectivity index (χ0) is 12.5. The van der Waals surface area contributed by atoms with Crippen molar-refractivity contribution < 1.29 is 23.1 Å². The maximum absolute atomic E-state index is 12.2. The molecule has 5 nitrogen and oxygen atoms in total. The third-order valence-electron chi connectivity index (χ3n) is 1.96. The molecule has 0 radical (unpaired) electrons. The van der Waals surface area contributed by atoms with Crippen molar-refractivity contribution in [1.82, 2.24) is 9.78 Å². The number of carboxylic acid groups (broad SMARTS) is 1. The minimum absolute atomic E-state index is 0.0256. The largest absolute Gasteiger partial charge is 0.477 e. The van der Waals surface area contributed by atoms with Gasteiger partial charge in [0, 0.05) is 0 Å². The molecular formula is C8H10F3N3O2. The monoisotopic (exact) mass is 237 g/mol. The lowest BCUT2D eigenvalue weighted by Crippen LogP contribution is -2.20. The van der Waals surface area contributed by atoms with Gasteiger partial charge in [-0.3, -0.25) is 4.68 Å². The van der Waals surface area contributed by atoms with E-state index in [0.717, 1.165) is 0 Å². The lowest BCUT2D eigenvalue weighted by molar-refractivity contribution is -0.143. The van der Waals surface area contributed by atoms with Crippen LogP contribution in [0.15, 0.2) is 0 Å². The lowest BCUT2D eigenvalue weighted by atomic mass is 10.2. The molecule has 0 aliphatic rings. The highest BCUT2D eigenvalue weighted by Gasteiger charge is 2.31. The van der Waals surface area contributed by atoms with E-state index in [2.05, 4.69) is 5.10 Å². The fourth-order valence-corrected chi connectivity index (χ4v) is 1.41. The van der Waals surface area contributed by atoms with Crippen LogP contribution in [0.25, 0.3) is 0 Å². The first-order valence-corrected chi connectivity index (χ1v) is 4.41. The molecule has 0 amide bonds. The van der Waals surface area contributed by atoms with Gasteiger partial charge in [0.25, 0.3) is 0 Å². The molecule has 0 aliphatic heterocycles. The molecule has 0 atom stereocenters. The summed E-state index contributed by atoms with van der Waals surface area (Å²) in [5.74, 6) is -1.77. The second kappa shape index (κ2) is 4.03. The van der Waals surface area contributed by atoms with Crippen LogP contribution in [0, 0.1) is 0 Å². The maximum Gasteiger partial charge on any atom is 0.408 e. The van der Waals surface area contributed by atoms with E-state index in [4.69, 9.17) is 10.8 Å². The molecule has 0 fully saturated rings. The summed E-state index contributed by atoms with van der Waals surface area (Å²) in [5.41, 5.74) is 4.88. The Morgan fingerprint density at radius 2 is 2.12 bits per heavy atom. The van der Waals surface area contributed by atoms with Crippen LogP contribution in [0.3, 0.4) is 0 Å². The minimum atomic E-state index is -4.46. The highest BCUT2D eigenvalue weighted by atomic mass is 19.4. The van der Waals surface area contributed by atoms with Crippen LogP contribution in [0.5, 0.6) is 0 Å². The molecule has 3 N–H and O–H groups in total. The average molecular weight is 237 g/mol. The van der Waals surface area contributed by atoms with Crippen LogP contribution in [-0.2, 0) is 13.0 Å². The predicted molar refractivity (Wildman–Crippen MR) is 49.0 cm³/mol. The first-order valence-electron chi connectivity index (χ1n) is 4.41. The van der Waals surface area contributed by atoms with Crippen molar-refractivity contribution in [1.29, 1.82) is 0 Å². The SMILES string of the molecule is CCc1c(C(=O)O)c(N)nn1CC(F)(F)F. The van der Waals surface area contributed by atoms with Crippen LogP contribution >= 0.6 is 0 Å². The van der Waals surface area contributed by atoms with Gasteiger partial charge in [-0.15, -0.1) is 0 Å². The number of hydrogen-bond donors (Lipinski definition) is 2. The van der Waals surface area contributed by atoms with Gasteiger partial charge in [0.1, 0.15) is 12.1 Å². The number of aromatic nitrogens is 2. The number of halogens is 3. The van der Waals surface area contributed by atoms with Crippen LogP contribution in [0.2, 0.25) is 0 Å². The van der Waals surface area contributed by atoms with Crippen LogP contribution in [0.4, 0.5) is 19.0 Å². The molecule has 1 aromatic heterocycles. The molecule has 90 valence electrons. The Hall–Kier alpha value is -1.73. The van der Waals surface area contributed by atoms with E-state index in [1.54, 1.807) is 0 Å². The normalized spacial score (nSPS) is 11.8. The topological polar surface area (TPSA) is 81.1 Å². The second-order valence-corrected chi connectivity index (χ2v) is 3.14. The summed E-state index contributed by atoms with van der Waals surface area (Å²) in [7, 11) is 0. The molecule has 1 heterocycles. The number of nitrogens with two attached hydrogens (primary N) is 1. The molecular weight excluding hydrogens is 227 g/mol. The molecule has 16 heavy (non-hydrogen) atoms. The summed E-state index contributed by atoms with van der Waals surface area (Å²) in [4.78, 5) is 10.8. The van der Waals surface area contributed by atoms with Gasteiger partial charge in [-0.25, -0.2) is 4.79 Å². The second-order valence-electron chi connectivity index (χ2n) is 3.14. The third-order valence-corrected chi connectivity index (χ3v) is 1.96. The van der Waals surface area contributed by atoms with Crippen molar-refractivity contribution in [3.8, 4) is 0 Å². The number of rotatable bonds is 3. The van der Waals surface area contributed by atoms with Gasteiger partial charge in [-0.05, 0) is 6.42 Å². The number of aromatic carboxylic acids is 1. The van der Waals surface area contributed by atoms with Gasteiger partial charge < -0.3 is 10.8 Å². The number of hydrogen-bond acceptors (Lipinski definition) is 3. The number of alkyl halides is 3. The highest BCUT2D eigenvalue weighted by Crippen LogP contribution is 2.23. The first kappa shape index (κ1) is 12.3. The van der Waals surface area contributed by atoms with E-state index in [9.17, 15) is 18.0 Å². The summed E-state index contributed by atoms with van der Waals surface area (Å²) in [6.45, 7) is 0.198. The van der Waals surface area contributed by atoms with Gasteiger partial charge >= 0.3 is 12.1 Å². The Kier molecular flexibility index (Phi) is 3.11. The van der Waals surface area contributed by atoms with Crippen LogP contribution < -0.4 is 5.73 Å². The molecule has 1 rings (SSSR count). The van der Waals surface area contributed by atoms with Gasteiger partial charge in [-0.2, -0.15) is 18.3 Å². The van der Waals surface area contributed by atoms with Gasteiger partial charge in [0.15, 0.2) is 5.82 Å². The van der Waals surface area contributed by atoms with Crippen molar-refractivity contribution in [2.24, 2.45) is 0 Å². The number of nitrogen functional groups attached to an aromatic ring is 1. The summed E-state index contributed by atoms with van der Waals surface area (Å²) >= 11 is 0. The van der Waals surface area contributed by atoms with E-state index in [1.165, 1.54) is 6.92 Å². The Balaban J connectivity index is 3.21. The number of nitrogens with zero attached hydrogens (tertiary/aromatic N) is 2. The predicted octanol–water partition coefficient (Wildman–Crippen LogP) is 1.29. The summed E-state index contributed by atoms with van der Waals surface area (Å²) in [6.07, 6.45) is -4.35. The molecule has 0 saturated carbocycles. The lowest BCUT2D eigenvalue weighted by Gasteiger charge is -2.09. The molecule has 0 saturated heterocycles. The van der Waals surface area contributed by atoms with Crippen molar-refractivity contribution in [2.75, 3.05) is 5.73 Å². The Morgan fingerprint density at radius 1 is 1.56 bits per heavy atom. The van der Waals surface area contributed by atoms with E-state index in [1.807, 2.05) is 0 Å². The highest BCUT2D eigenvalue weighted by molar-refractivity contribution is 5.94. The van der Waals surface area contributed by atoms with E-state index in [-0.39, 0.29) is 17.7 Å². The van der Waals surface area contributed by atoms with E-state index < -0.39 is 24.5 Å². The maximum atomic E-state index is 12.2. The van der Waals surface area contributed by atoms with E-state index >= 15 is 0 Å². The fourth-order valence-electron chi connectivity index (χ4n) is 1.41. The van der Waals surface area contributed by atoms with Crippen molar-refractivity contribution >= 4 is 11.8 Å². The number of carbonyl (C=O) groups is 1. The Labute approximate surface area is 88.7 Å². The van der Waals surface area contributed by atoms with Gasteiger partial charge in [0.05, 0.1) is 5.69 Å². The minimum Gasteiger partial charge on any atom is -0.477 e. The summed E-state index contributed by atoms with van der Waals surface area (Å²) in [5, 5.41) is 12.2. The molecule has 0 aromatic carbocycles. The summed E-state index contributed by atoms with van der Waals surface area (Å²) < 4.78 is 37.0. The van der Waals surface area contributed by atoms with Crippen molar-refractivity contribution in [2.45, 2.75) is 26.1 Å².